The molecule has 8 nitrogen and oxygen atoms in total. The molecule has 1 aliphatic heterocycles. The van der Waals surface area contributed by atoms with Crippen LogP contribution in [0.5, 0.6) is 11.5 Å². The molecule has 0 atom stereocenters. The van der Waals surface area contributed by atoms with Crippen LogP contribution in [-0.2, 0) is 18.5 Å². The first-order valence-electron chi connectivity index (χ1n) is 10.5. The van der Waals surface area contributed by atoms with Crippen LogP contribution < -0.4 is 9.47 Å². The molecule has 176 valence electrons. The molecule has 2 aromatic carbocycles. The smallest absolute Gasteiger partial charge is 0.416 e. The van der Waals surface area contributed by atoms with E-state index >= 15 is 0 Å². The Bertz CT molecular complexity index is 1300. The number of ether oxygens (including phenoxy) is 2. The molecule has 3 heterocycles. The predicted molar refractivity (Wildman–Crippen MR) is 118 cm³/mol. The van der Waals surface area contributed by atoms with Gasteiger partial charge in [-0.2, -0.15) is 17.9 Å². The average molecular weight is 488 g/mol. The molecular weight excluding hydrogens is 469 g/mol. The molecule has 0 N–H and O–H groups in total. The molecule has 2 aromatic heterocycles. The van der Waals surface area contributed by atoms with Crippen LogP contribution in [0, 0.1) is 0 Å². The van der Waals surface area contributed by atoms with Crippen LogP contribution in [0.15, 0.2) is 53.8 Å². The number of aromatic nitrogens is 6. The maximum absolute atomic E-state index is 12.9. The van der Waals surface area contributed by atoms with Gasteiger partial charge >= 0.3 is 6.18 Å². The van der Waals surface area contributed by atoms with Gasteiger partial charge in [0.05, 0.1) is 28.9 Å². The van der Waals surface area contributed by atoms with Gasteiger partial charge in [-0.1, -0.05) is 11.8 Å². The summed E-state index contributed by atoms with van der Waals surface area (Å²) in [5.41, 5.74) is 1.62. The van der Waals surface area contributed by atoms with Crippen molar-refractivity contribution in [3.8, 4) is 28.4 Å². The fraction of sp³-hybridized carbons (Fsp3) is 0.273. The van der Waals surface area contributed by atoms with Crippen molar-refractivity contribution in [2.24, 2.45) is 0 Å². The molecule has 0 spiro atoms. The molecule has 0 radical (unpaired) electrons. The number of imidazole rings is 1. The quantitative estimate of drug-likeness (QED) is 0.366. The van der Waals surface area contributed by atoms with E-state index in [0.29, 0.717) is 42.8 Å². The highest BCUT2D eigenvalue weighted by molar-refractivity contribution is 7.98. The number of hydrogen-bond acceptors (Lipinski definition) is 7. The molecule has 0 saturated carbocycles. The Morgan fingerprint density at radius 1 is 1.03 bits per heavy atom. The third-order valence-electron chi connectivity index (χ3n) is 5.28. The van der Waals surface area contributed by atoms with Crippen LogP contribution in [0.2, 0.25) is 0 Å². The topological polar surface area (TPSA) is 79.9 Å². The van der Waals surface area contributed by atoms with E-state index in [1.165, 1.54) is 28.6 Å². The molecule has 0 bridgehead atoms. The van der Waals surface area contributed by atoms with Gasteiger partial charge in [0.25, 0.3) is 0 Å². The maximum Gasteiger partial charge on any atom is 0.416 e. The van der Waals surface area contributed by atoms with Crippen molar-refractivity contribution in [2.45, 2.75) is 30.6 Å². The molecule has 0 aliphatic carbocycles. The van der Waals surface area contributed by atoms with Crippen LogP contribution in [-0.4, -0.2) is 43.0 Å². The number of alkyl halides is 3. The highest BCUT2D eigenvalue weighted by Gasteiger charge is 2.30. The minimum atomic E-state index is -4.40. The van der Waals surface area contributed by atoms with Crippen molar-refractivity contribution in [1.82, 2.24) is 29.8 Å². The van der Waals surface area contributed by atoms with E-state index in [0.717, 1.165) is 34.3 Å². The van der Waals surface area contributed by atoms with Gasteiger partial charge in [-0.15, -0.1) is 5.10 Å². The first-order valence-corrected chi connectivity index (χ1v) is 11.5. The molecule has 34 heavy (non-hydrogen) atoms. The van der Waals surface area contributed by atoms with E-state index in [1.54, 1.807) is 6.20 Å². The zero-order valence-electron chi connectivity index (χ0n) is 18.0. The summed E-state index contributed by atoms with van der Waals surface area (Å²) in [6.07, 6.45) is -2.60. The first kappa shape index (κ1) is 22.3. The number of hydrogen-bond donors (Lipinski definition) is 0. The highest BCUT2D eigenvalue weighted by Crippen LogP contribution is 2.36. The minimum absolute atomic E-state index is 0.381. The van der Waals surface area contributed by atoms with Gasteiger partial charge in [-0.3, -0.25) is 0 Å². The van der Waals surface area contributed by atoms with Crippen molar-refractivity contribution < 1.29 is 22.6 Å². The second-order valence-corrected chi connectivity index (χ2v) is 8.31. The Labute approximate surface area is 196 Å². The Morgan fingerprint density at radius 3 is 2.53 bits per heavy atom. The number of thioether (sulfide) groups is 1. The fourth-order valence-electron chi connectivity index (χ4n) is 3.63. The van der Waals surface area contributed by atoms with Gasteiger partial charge < -0.3 is 14.0 Å². The van der Waals surface area contributed by atoms with Crippen LogP contribution >= 0.6 is 11.8 Å². The Morgan fingerprint density at radius 2 is 1.79 bits per heavy atom. The summed E-state index contributed by atoms with van der Waals surface area (Å²) in [6.45, 7) is 3.76. The van der Waals surface area contributed by atoms with Crippen molar-refractivity contribution in [1.29, 1.82) is 0 Å². The summed E-state index contributed by atoms with van der Waals surface area (Å²) >= 11 is 1.44. The summed E-state index contributed by atoms with van der Waals surface area (Å²) in [5.74, 6) is 2.31. The molecule has 12 heteroatoms. The second-order valence-electron chi connectivity index (χ2n) is 7.37. The third kappa shape index (κ3) is 4.32. The molecule has 4 aromatic rings. The van der Waals surface area contributed by atoms with Gasteiger partial charge in [0.1, 0.15) is 13.2 Å². The average Bonchev–Trinajstić information content (AvgIpc) is 3.48. The normalized spacial score (nSPS) is 13.3. The van der Waals surface area contributed by atoms with Crippen molar-refractivity contribution in [3.63, 3.8) is 0 Å². The van der Waals surface area contributed by atoms with Crippen LogP contribution in [0.3, 0.4) is 0 Å². The molecular formula is C22H19F3N6O2S. The second kappa shape index (κ2) is 9.01. The zero-order valence-corrected chi connectivity index (χ0v) is 18.8. The lowest BCUT2D eigenvalue weighted by molar-refractivity contribution is -0.137. The summed E-state index contributed by atoms with van der Waals surface area (Å²) in [5, 5.41) is 12.4. The highest BCUT2D eigenvalue weighted by atomic mass is 32.2. The summed E-state index contributed by atoms with van der Waals surface area (Å²) in [7, 11) is 0. The summed E-state index contributed by atoms with van der Waals surface area (Å²) < 4.78 is 53.4. The van der Waals surface area contributed by atoms with E-state index < -0.39 is 11.7 Å². The van der Waals surface area contributed by atoms with Crippen LogP contribution in [0.25, 0.3) is 16.9 Å². The van der Waals surface area contributed by atoms with Crippen LogP contribution in [0.1, 0.15) is 18.3 Å². The van der Waals surface area contributed by atoms with E-state index in [2.05, 4.69) is 25.1 Å². The van der Waals surface area contributed by atoms with Gasteiger partial charge in [-0.05, 0) is 59.8 Å². The maximum atomic E-state index is 12.9. The van der Waals surface area contributed by atoms with Gasteiger partial charge in [0, 0.05) is 12.1 Å². The van der Waals surface area contributed by atoms with E-state index in [4.69, 9.17) is 9.47 Å². The lowest BCUT2D eigenvalue weighted by atomic mass is 10.1. The Hall–Kier alpha value is -3.54. The van der Waals surface area contributed by atoms with E-state index in [-0.39, 0.29) is 0 Å². The fourth-order valence-corrected chi connectivity index (χ4v) is 4.58. The number of fused-ring (bicyclic) bond motifs is 1. The third-order valence-corrected chi connectivity index (χ3v) is 6.26. The van der Waals surface area contributed by atoms with Crippen LogP contribution in [0.4, 0.5) is 13.2 Å². The largest absolute Gasteiger partial charge is 0.486 e. The van der Waals surface area contributed by atoms with Gasteiger partial charge in [0.15, 0.2) is 22.5 Å². The lowest BCUT2D eigenvalue weighted by Crippen LogP contribution is -2.15. The molecule has 0 fully saturated rings. The van der Waals surface area contributed by atoms with Crippen molar-refractivity contribution in [3.05, 3.63) is 60.0 Å². The van der Waals surface area contributed by atoms with Crippen molar-refractivity contribution >= 4 is 11.8 Å². The zero-order chi connectivity index (χ0) is 23.7. The van der Waals surface area contributed by atoms with E-state index in [1.807, 2.05) is 25.1 Å². The molecule has 0 unspecified atom stereocenters. The predicted octanol–water partition coefficient (Wildman–Crippen LogP) is 4.63. The summed E-state index contributed by atoms with van der Waals surface area (Å²) in [4.78, 5) is 4.57. The molecule has 0 saturated heterocycles. The SMILES string of the molecule is CCn1c(-c2ccc3c(c2)OCCO3)cnc1SCc1nnnn1-c1ccc(C(F)(F)F)cc1. The van der Waals surface area contributed by atoms with E-state index in [9.17, 15) is 13.2 Å². The Balaban J connectivity index is 1.35. The lowest BCUT2D eigenvalue weighted by Gasteiger charge is -2.19. The van der Waals surface area contributed by atoms with Gasteiger partial charge in [-0.25, -0.2) is 4.98 Å². The molecule has 0 amide bonds. The summed E-state index contributed by atoms with van der Waals surface area (Å²) in [6, 6.07) is 10.5. The first-order chi connectivity index (χ1) is 16.4. The standard InChI is InChI=1S/C22H19F3N6O2S/c1-2-30-17(14-3-8-18-19(11-14)33-10-9-32-18)12-26-21(30)34-13-20-27-28-29-31(20)16-6-4-15(5-7-16)22(23,24)25/h3-8,11-12H,2,9-10,13H2,1H3. The minimum Gasteiger partial charge on any atom is -0.486 e. The van der Waals surface area contributed by atoms with Gasteiger partial charge in [0.2, 0.25) is 0 Å². The monoisotopic (exact) mass is 488 g/mol. The number of tetrazole rings is 1. The van der Waals surface area contributed by atoms with Crippen molar-refractivity contribution in [2.75, 3.05) is 13.2 Å². The number of rotatable bonds is 6. The number of halogens is 3. The molecule has 5 rings (SSSR count). The number of nitrogens with zero attached hydrogens (tertiary/aromatic N) is 6. The molecule has 1 aliphatic rings. The Kier molecular flexibility index (Phi) is 5.90. The number of benzene rings is 2.